The fourth-order valence-corrected chi connectivity index (χ4v) is 10.3. The zero-order valence-corrected chi connectivity index (χ0v) is 21.8. The van der Waals surface area contributed by atoms with Crippen molar-refractivity contribution in [1.82, 2.24) is 0 Å². The van der Waals surface area contributed by atoms with E-state index in [1.165, 1.54) is 19.8 Å². The van der Waals surface area contributed by atoms with E-state index in [4.69, 9.17) is 14.2 Å². The first-order valence-electron chi connectivity index (χ1n) is 14.1. The molecule has 0 N–H and O–H groups in total. The van der Waals surface area contributed by atoms with Gasteiger partial charge in [0.15, 0.2) is 5.79 Å². The maximum atomic E-state index is 14.1. The van der Waals surface area contributed by atoms with Crippen LogP contribution >= 0.6 is 0 Å². The van der Waals surface area contributed by atoms with Crippen LogP contribution in [0.2, 0.25) is 0 Å². The average molecular weight is 473 g/mol. The van der Waals surface area contributed by atoms with Gasteiger partial charge in [-0.1, -0.05) is 27.7 Å². The standard InChI is InChI=1S/C29H44O5/c1-16-8-11-29(32-15-16)17(2)26-24(34-29)13-23-21-7-6-19-12-20(33-18(3)30)9-10-27(19,4)22(21)14-25(31)28(23,26)5/h16-17,19-24,26H,6-15H2,1-5H3/t16-,17+,19+,20-,21-,22+,23+,24+,26+,27+,28-,29-/m1/s1. The van der Waals surface area contributed by atoms with E-state index in [1.54, 1.807) is 0 Å². The van der Waals surface area contributed by atoms with Crippen LogP contribution in [0.15, 0.2) is 0 Å². The lowest BCUT2D eigenvalue weighted by Crippen LogP contribution is -2.58. The highest BCUT2D eigenvalue weighted by Gasteiger charge is 2.71. The van der Waals surface area contributed by atoms with E-state index in [-0.39, 0.29) is 40.8 Å². The molecule has 0 bridgehead atoms. The molecule has 1 spiro atoms. The summed E-state index contributed by atoms with van der Waals surface area (Å²) in [7, 11) is 0. The molecular weight excluding hydrogens is 428 g/mol. The Morgan fingerprint density at radius 2 is 1.82 bits per heavy atom. The Hall–Kier alpha value is -0.940. The lowest BCUT2D eigenvalue weighted by Gasteiger charge is -2.60. The normalized spacial score (nSPS) is 56.4. The zero-order valence-electron chi connectivity index (χ0n) is 21.8. The minimum Gasteiger partial charge on any atom is -0.463 e. The number of ether oxygens (including phenoxy) is 3. The van der Waals surface area contributed by atoms with Gasteiger partial charge in [-0.15, -0.1) is 0 Å². The number of hydrogen-bond acceptors (Lipinski definition) is 5. The molecule has 6 rings (SSSR count). The summed E-state index contributed by atoms with van der Waals surface area (Å²) in [6.07, 6.45) is 9.47. The van der Waals surface area contributed by atoms with Crippen molar-refractivity contribution in [2.75, 3.05) is 6.61 Å². The number of hydrogen-bond donors (Lipinski definition) is 0. The summed E-state index contributed by atoms with van der Waals surface area (Å²) in [6, 6.07) is 0. The summed E-state index contributed by atoms with van der Waals surface area (Å²) in [4.78, 5) is 25.7. The fourth-order valence-electron chi connectivity index (χ4n) is 10.3. The Morgan fingerprint density at radius 1 is 1.03 bits per heavy atom. The molecule has 12 atom stereocenters. The third kappa shape index (κ3) is 3.11. The molecule has 34 heavy (non-hydrogen) atoms. The number of carbonyl (C=O) groups is 2. The molecule has 4 aliphatic carbocycles. The summed E-state index contributed by atoms with van der Waals surface area (Å²) >= 11 is 0. The topological polar surface area (TPSA) is 61.8 Å². The molecule has 6 aliphatic rings. The van der Waals surface area contributed by atoms with E-state index in [9.17, 15) is 9.59 Å². The predicted octanol–water partition coefficient (Wildman–Crippen LogP) is 5.54. The van der Waals surface area contributed by atoms with Gasteiger partial charge in [0.1, 0.15) is 11.9 Å². The number of carbonyl (C=O) groups excluding carboxylic acids is 2. The van der Waals surface area contributed by atoms with Gasteiger partial charge in [-0.25, -0.2) is 0 Å². The minimum absolute atomic E-state index is 0.0613. The molecule has 2 aliphatic heterocycles. The first kappa shape index (κ1) is 23.5. The van der Waals surface area contributed by atoms with Crippen molar-refractivity contribution in [2.24, 2.45) is 52.3 Å². The van der Waals surface area contributed by atoms with E-state index in [0.717, 1.165) is 51.6 Å². The molecule has 0 aromatic rings. The lowest BCUT2D eigenvalue weighted by molar-refractivity contribution is -0.272. The maximum Gasteiger partial charge on any atom is 0.302 e. The number of rotatable bonds is 1. The van der Waals surface area contributed by atoms with Gasteiger partial charge in [-0.3, -0.25) is 9.59 Å². The molecule has 5 heteroatoms. The third-order valence-electron chi connectivity index (χ3n) is 12.1. The highest BCUT2D eigenvalue weighted by molar-refractivity contribution is 5.87. The second-order valence-corrected chi connectivity index (χ2v) is 13.5. The maximum absolute atomic E-state index is 14.1. The number of esters is 1. The Balaban J connectivity index is 1.25. The average Bonchev–Trinajstić information content (AvgIpc) is 3.23. The molecule has 4 saturated carbocycles. The second kappa shape index (κ2) is 7.78. The van der Waals surface area contributed by atoms with E-state index >= 15 is 0 Å². The highest BCUT2D eigenvalue weighted by Crippen LogP contribution is 2.70. The van der Waals surface area contributed by atoms with Gasteiger partial charge in [-0.05, 0) is 80.0 Å². The summed E-state index contributed by atoms with van der Waals surface area (Å²) in [5, 5.41) is 0. The van der Waals surface area contributed by atoms with Crippen molar-refractivity contribution >= 4 is 11.8 Å². The number of Topliss-reactive ketones (excluding diaryl/α,β-unsaturated/α-hetero) is 1. The van der Waals surface area contributed by atoms with Crippen LogP contribution in [-0.2, 0) is 23.8 Å². The van der Waals surface area contributed by atoms with Crippen LogP contribution in [0, 0.1) is 52.3 Å². The van der Waals surface area contributed by atoms with Gasteiger partial charge in [0.05, 0.1) is 12.7 Å². The van der Waals surface area contributed by atoms with E-state index in [0.29, 0.717) is 35.4 Å². The monoisotopic (exact) mass is 472 g/mol. The molecule has 5 nitrogen and oxygen atoms in total. The van der Waals surface area contributed by atoms with Crippen molar-refractivity contribution in [1.29, 1.82) is 0 Å². The smallest absolute Gasteiger partial charge is 0.302 e. The third-order valence-corrected chi connectivity index (χ3v) is 12.1. The van der Waals surface area contributed by atoms with Gasteiger partial charge < -0.3 is 14.2 Å². The van der Waals surface area contributed by atoms with Crippen LogP contribution in [0.1, 0.15) is 92.4 Å². The van der Waals surface area contributed by atoms with Crippen molar-refractivity contribution < 1.29 is 23.8 Å². The van der Waals surface area contributed by atoms with E-state index in [2.05, 4.69) is 27.7 Å². The minimum atomic E-state index is -0.467. The number of fused-ring (bicyclic) bond motifs is 7. The van der Waals surface area contributed by atoms with Crippen LogP contribution < -0.4 is 0 Å². The Bertz CT molecular complexity index is 861. The summed E-state index contributed by atoms with van der Waals surface area (Å²) in [6.45, 7) is 11.6. The lowest BCUT2D eigenvalue weighted by atomic mass is 9.44. The van der Waals surface area contributed by atoms with E-state index in [1.807, 2.05) is 0 Å². The molecule has 2 heterocycles. The molecule has 0 amide bonds. The highest BCUT2D eigenvalue weighted by atomic mass is 16.7. The number of ketones is 1. The van der Waals surface area contributed by atoms with Crippen molar-refractivity contribution in [2.45, 2.75) is 110 Å². The molecule has 2 saturated heterocycles. The first-order valence-corrected chi connectivity index (χ1v) is 14.1. The molecule has 6 fully saturated rings. The molecule has 190 valence electrons. The van der Waals surface area contributed by atoms with Crippen LogP contribution in [0.5, 0.6) is 0 Å². The SMILES string of the molecule is CC(=O)O[C@@H]1CC[C@@]2(C)[C@@H](CC[C@@H]3[C@@H]2CC(=O)[C@]2(C)[C@@H]4[C@H](C[C@@H]32)O[C@]2(CC[C@@H](C)CO2)[C@H]4C)C1. The molecule has 0 aromatic carbocycles. The first-order chi connectivity index (χ1) is 16.1. The van der Waals surface area contributed by atoms with Crippen molar-refractivity contribution in [3.8, 4) is 0 Å². The van der Waals surface area contributed by atoms with Crippen molar-refractivity contribution in [3.05, 3.63) is 0 Å². The Kier molecular flexibility index (Phi) is 5.37. The van der Waals surface area contributed by atoms with Gasteiger partial charge >= 0.3 is 5.97 Å². The zero-order chi connectivity index (χ0) is 24.0. The quantitative estimate of drug-likeness (QED) is 0.469. The molecular formula is C29H44O5. The van der Waals surface area contributed by atoms with E-state index < -0.39 is 5.79 Å². The van der Waals surface area contributed by atoms with Gasteiger partial charge in [0.25, 0.3) is 0 Å². The second-order valence-electron chi connectivity index (χ2n) is 13.5. The Labute approximate surface area is 205 Å². The van der Waals surface area contributed by atoms with Crippen LogP contribution in [0.25, 0.3) is 0 Å². The summed E-state index contributed by atoms with van der Waals surface area (Å²) < 4.78 is 18.8. The largest absolute Gasteiger partial charge is 0.463 e. The molecule has 0 radical (unpaired) electrons. The van der Waals surface area contributed by atoms with Gasteiger partial charge in [0.2, 0.25) is 0 Å². The molecule has 0 unspecified atom stereocenters. The summed E-state index contributed by atoms with van der Waals surface area (Å²) in [5.41, 5.74) is -0.0934. The van der Waals surface area contributed by atoms with Gasteiger partial charge in [-0.2, -0.15) is 0 Å². The van der Waals surface area contributed by atoms with Crippen LogP contribution in [-0.4, -0.2) is 36.4 Å². The van der Waals surface area contributed by atoms with Crippen LogP contribution in [0.3, 0.4) is 0 Å². The van der Waals surface area contributed by atoms with Gasteiger partial charge in [0, 0.05) is 37.0 Å². The predicted molar refractivity (Wildman–Crippen MR) is 128 cm³/mol. The molecule has 0 aromatic heterocycles. The Morgan fingerprint density at radius 3 is 2.53 bits per heavy atom. The summed E-state index contributed by atoms with van der Waals surface area (Å²) in [5.74, 6) is 3.07. The van der Waals surface area contributed by atoms with Crippen molar-refractivity contribution in [3.63, 3.8) is 0 Å². The fraction of sp³-hybridized carbons (Fsp3) is 0.931. The van der Waals surface area contributed by atoms with Crippen LogP contribution in [0.4, 0.5) is 0 Å².